The van der Waals surface area contributed by atoms with Crippen LogP contribution in [0.4, 0.5) is 0 Å². The Labute approximate surface area is 112 Å². The molecule has 0 amide bonds. The van der Waals surface area contributed by atoms with Crippen LogP contribution in [0.15, 0.2) is 35.4 Å². The summed E-state index contributed by atoms with van der Waals surface area (Å²) in [7, 11) is 0. The zero-order valence-electron chi connectivity index (χ0n) is 11.5. The first-order valence-electron chi connectivity index (χ1n) is 6.76. The predicted octanol–water partition coefficient (Wildman–Crippen LogP) is 2.34. The second kappa shape index (κ2) is 5.53. The van der Waals surface area contributed by atoms with Crippen molar-refractivity contribution in [3.63, 3.8) is 0 Å². The van der Waals surface area contributed by atoms with Gasteiger partial charge in [0.1, 0.15) is 0 Å². The molecular weight excluding hydrogens is 240 g/mol. The number of aliphatic hydroxyl groups is 1. The van der Waals surface area contributed by atoms with E-state index < -0.39 is 5.60 Å². The Kier molecular flexibility index (Phi) is 4.00. The highest BCUT2D eigenvalue weighted by molar-refractivity contribution is 5.76. The lowest BCUT2D eigenvalue weighted by molar-refractivity contribution is 0.00881. The Bertz CT molecular complexity index is 621. The summed E-state index contributed by atoms with van der Waals surface area (Å²) in [6.45, 7) is 4.27. The van der Waals surface area contributed by atoms with Gasteiger partial charge in [0.05, 0.1) is 29.4 Å². The molecule has 2 aromatic rings. The molecule has 0 spiro atoms. The molecule has 0 aliphatic rings. The zero-order chi connectivity index (χ0) is 13.9. The molecule has 0 radical (unpaired) electrons. The van der Waals surface area contributed by atoms with Crippen molar-refractivity contribution in [1.82, 2.24) is 9.55 Å². The summed E-state index contributed by atoms with van der Waals surface area (Å²) in [5.41, 5.74) is -0.226. The van der Waals surface area contributed by atoms with Crippen LogP contribution in [0.25, 0.3) is 10.9 Å². The number of nitrogens with zero attached hydrogens (tertiary/aromatic N) is 2. The fraction of sp³-hybridized carbons (Fsp3) is 0.467. The molecule has 0 saturated heterocycles. The molecule has 0 aliphatic heterocycles. The van der Waals surface area contributed by atoms with Gasteiger partial charge in [-0.1, -0.05) is 32.4 Å². The van der Waals surface area contributed by atoms with E-state index in [0.717, 1.165) is 6.42 Å². The molecule has 1 unspecified atom stereocenters. The van der Waals surface area contributed by atoms with Gasteiger partial charge in [-0.2, -0.15) is 0 Å². The number of aromatic nitrogens is 2. The number of fused-ring (bicyclic) bond motifs is 1. The highest BCUT2D eigenvalue weighted by Crippen LogP contribution is 2.19. The molecule has 1 aromatic heterocycles. The van der Waals surface area contributed by atoms with Gasteiger partial charge in [-0.25, -0.2) is 4.98 Å². The van der Waals surface area contributed by atoms with Crippen LogP contribution in [0.1, 0.15) is 33.1 Å². The first kappa shape index (κ1) is 13.7. The van der Waals surface area contributed by atoms with Crippen molar-refractivity contribution >= 4 is 10.9 Å². The van der Waals surface area contributed by atoms with Crippen LogP contribution in [0.3, 0.4) is 0 Å². The Morgan fingerprint density at radius 3 is 2.74 bits per heavy atom. The van der Waals surface area contributed by atoms with E-state index in [1.807, 2.05) is 32.0 Å². The third kappa shape index (κ3) is 2.84. The maximum Gasteiger partial charge on any atom is 0.261 e. The quantitative estimate of drug-likeness (QED) is 0.897. The van der Waals surface area contributed by atoms with Crippen molar-refractivity contribution in [2.75, 3.05) is 0 Å². The summed E-state index contributed by atoms with van der Waals surface area (Å²) >= 11 is 0. The first-order valence-corrected chi connectivity index (χ1v) is 6.76. The minimum atomic E-state index is -0.831. The second-order valence-corrected chi connectivity index (χ2v) is 5.02. The fourth-order valence-electron chi connectivity index (χ4n) is 2.37. The van der Waals surface area contributed by atoms with Crippen LogP contribution in [-0.2, 0) is 6.54 Å². The van der Waals surface area contributed by atoms with Gasteiger partial charge in [-0.05, 0) is 25.0 Å². The third-order valence-corrected chi connectivity index (χ3v) is 3.57. The number of rotatable bonds is 5. The normalized spacial score (nSPS) is 14.5. The summed E-state index contributed by atoms with van der Waals surface area (Å²) in [6.07, 6.45) is 3.73. The molecule has 4 nitrogen and oxygen atoms in total. The van der Waals surface area contributed by atoms with E-state index in [2.05, 4.69) is 4.98 Å². The number of hydrogen-bond acceptors (Lipinski definition) is 3. The van der Waals surface area contributed by atoms with E-state index in [4.69, 9.17) is 0 Å². The Balaban J connectivity index is 2.41. The third-order valence-electron chi connectivity index (χ3n) is 3.57. The lowest BCUT2D eigenvalue weighted by Crippen LogP contribution is -2.37. The van der Waals surface area contributed by atoms with Crippen LogP contribution in [0.5, 0.6) is 0 Å². The maximum absolute atomic E-state index is 12.3. The van der Waals surface area contributed by atoms with Crippen molar-refractivity contribution in [3.05, 3.63) is 40.9 Å². The van der Waals surface area contributed by atoms with Crippen molar-refractivity contribution in [3.8, 4) is 0 Å². The molecule has 2 rings (SSSR count). The van der Waals surface area contributed by atoms with E-state index >= 15 is 0 Å². The summed E-state index contributed by atoms with van der Waals surface area (Å²) in [5, 5.41) is 11.1. The molecule has 4 heteroatoms. The highest BCUT2D eigenvalue weighted by atomic mass is 16.3. The van der Waals surface area contributed by atoms with Gasteiger partial charge < -0.3 is 5.11 Å². The van der Waals surface area contributed by atoms with Gasteiger partial charge in [0, 0.05) is 0 Å². The van der Waals surface area contributed by atoms with Crippen molar-refractivity contribution < 1.29 is 5.11 Å². The molecule has 19 heavy (non-hydrogen) atoms. The fourth-order valence-corrected chi connectivity index (χ4v) is 2.37. The van der Waals surface area contributed by atoms with E-state index in [0.29, 0.717) is 30.3 Å². The summed E-state index contributed by atoms with van der Waals surface area (Å²) in [4.78, 5) is 16.6. The Morgan fingerprint density at radius 2 is 2.05 bits per heavy atom. The standard InChI is InChI=1S/C15H20N2O2/c1-3-9-15(19,4-2)10-17-11-16-13-8-6-5-7-12(13)14(17)18/h5-8,11,19H,3-4,9-10H2,1-2H3. The van der Waals surface area contributed by atoms with Crippen molar-refractivity contribution in [2.24, 2.45) is 0 Å². The SMILES string of the molecule is CCCC(O)(CC)Cn1cnc2ccccc2c1=O. The molecule has 1 N–H and O–H groups in total. The second-order valence-electron chi connectivity index (χ2n) is 5.02. The van der Waals surface area contributed by atoms with Crippen LogP contribution >= 0.6 is 0 Å². The molecule has 0 bridgehead atoms. The van der Waals surface area contributed by atoms with Crippen molar-refractivity contribution in [1.29, 1.82) is 0 Å². The molecule has 1 heterocycles. The van der Waals surface area contributed by atoms with Crippen LogP contribution in [-0.4, -0.2) is 20.3 Å². The van der Waals surface area contributed by atoms with Gasteiger partial charge in [0.25, 0.3) is 5.56 Å². The van der Waals surface area contributed by atoms with Crippen LogP contribution in [0, 0.1) is 0 Å². The summed E-state index contributed by atoms with van der Waals surface area (Å²) in [5.74, 6) is 0. The van der Waals surface area contributed by atoms with Gasteiger partial charge in [0.2, 0.25) is 0 Å². The smallest absolute Gasteiger partial charge is 0.261 e. The number of hydrogen-bond donors (Lipinski definition) is 1. The largest absolute Gasteiger partial charge is 0.388 e. The van der Waals surface area contributed by atoms with Crippen molar-refractivity contribution in [2.45, 2.75) is 45.3 Å². The van der Waals surface area contributed by atoms with E-state index in [1.165, 1.54) is 10.9 Å². The molecular formula is C15H20N2O2. The predicted molar refractivity (Wildman–Crippen MR) is 76.2 cm³/mol. The van der Waals surface area contributed by atoms with Gasteiger partial charge in [-0.3, -0.25) is 9.36 Å². The number of benzene rings is 1. The first-order chi connectivity index (χ1) is 9.09. The van der Waals surface area contributed by atoms with Gasteiger partial charge >= 0.3 is 0 Å². The highest BCUT2D eigenvalue weighted by Gasteiger charge is 2.24. The zero-order valence-corrected chi connectivity index (χ0v) is 11.5. The summed E-state index contributed by atoms with van der Waals surface area (Å²) in [6, 6.07) is 7.28. The summed E-state index contributed by atoms with van der Waals surface area (Å²) < 4.78 is 1.52. The average Bonchev–Trinajstić information content (AvgIpc) is 2.43. The molecule has 0 fully saturated rings. The average molecular weight is 260 g/mol. The Morgan fingerprint density at radius 1 is 1.32 bits per heavy atom. The molecule has 102 valence electrons. The van der Waals surface area contributed by atoms with Crippen LogP contribution < -0.4 is 5.56 Å². The number of para-hydroxylation sites is 1. The van der Waals surface area contributed by atoms with E-state index in [1.54, 1.807) is 6.07 Å². The molecule has 1 aromatic carbocycles. The lowest BCUT2D eigenvalue weighted by atomic mass is 9.95. The Hall–Kier alpha value is -1.68. The monoisotopic (exact) mass is 260 g/mol. The molecule has 0 saturated carbocycles. The van der Waals surface area contributed by atoms with Crippen LogP contribution in [0.2, 0.25) is 0 Å². The topological polar surface area (TPSA) is 55.1 Å². The van der Waals surface area contributed by atoms with E-state index in [9.17, 15) is 9.90 Å². The minimum Gasteiger partial charge on any atom is -0.388 e. The molecule has 1 atom stereocenters. The minimum absolute atomic E-state index is 0.0893. The maximum atomic E-state index is 12.3. The van der Waals surface area contributed by atoms with Gasteiger partial charge in [0.15, 0.2) is 0 Å². The molecule has 0 aliphatic carbocycles. The lowest BCUT2D eigenvalue weighted by Gasteiger charge is -2.27. The van der Waals surface area contributed by atoms with E-state index in [-0.39, 0.29) is 5.56 Å². The van der Waals surface area contributed by atoms with Gasteiger partial charge in [-0.15, -0.1) is 0 Å².